The van der Waals surface area contributed by atoms with Crippen molar-refractivity contribution in [3.05, 3.63) is 29.6 Å². The first-order valence-electron chi connectivity index (χ1n) is 6.91. The second kappa shape index (κ2) is 5.51. The summed E-state index contributed by atoms with van der Waals surface area (Å²) in [7, 11) is 0. The number of nitrogens with one attached hydrogen (secondary N) is 1. The maximum Gasteiger partial charge on any atom is 0.233 e. The lowest BCUT2D eigenvalue weighted by Crippen LogP contribution is -2.21. The number of aromatic nitrogens is 3. The molecule has 3 N–H and O–H groups in total. The molecule has 1 fully saturated rings. The maximum atomic E-state index is 13.6. The quantitative estimate of drug-likeness (QED) is 0.901. The predicted octanol–water partition coefficient (Wildman–Crippen LogP) is 2.25. The fraction of sp³-hybridized carbons (Fsp3) is 0.357. The SMILES string of the molecule is Cc1ccc(Nc2nc(N)nc(N3CCCC3)n2)cc1F. The summed E-state index contributed by atoms with van der Waals surface area (Å²) in [6.07, 6.45) is 2.25. The zero-order chi connectivity index (χ0) is 14.8. The summed E-state index contributed by atoms with van der Waals surface area (Å²) < 4.78 is 13.6. The molecular formula is C14H17FN6. The zero-order valence-corrected chi connectivity index (χ0v) is 11.8. The molecular weight excluding hydrogens is 271 g/mol. The Bertz CT molecular complexity index is 654. The smallest absolute Gasteiger partial charge is 0.233 e. The molecule has 0 spiro atoms. The number of rotatable bonds is 3. The summed E-state index contributed by atoms with van der Waals surface area (Å²) in [6, 6.07) is 4.88. The van der Waals surface area contributed by atoms with Crippen molar-refractivity contribution in [2.45, 2.75) is 19.8 Å². The first-order valence-corrected chi connectivity index (χ1v) is 6.91. The van der Waals surface area contributed by atoms with E-state index >= 15 is 0 Å². The van der Waals surface area contributed by atoms with Crippen molar-refractivity contribution >= 4 is 23.5 Å². The summed E-state index contributed by atoms with van der Waals surface area (Å²) >= 11 is 0. The molecule has 1 aromatic carbocycles. The van der Waals surface area contributed by atoms with Gasteiger partial charge in [0.15, 0.2) is 0 Å². The van der Waals surface area contributed by atoms with Gasteiger partial charge in [-0.05, 0) is 37.5 Å². The Balaban J connectivity index is 1.85. The van der Waals surface area contributed by atoms with Crippen LogP contribution in [0.4, 0.5) is 27.9 Å². The third-order valence-electron chi connectivity index (χ3n) is 3.46. The minimum Gasteiger partial charge on any atom is -0.368 e. The number of hydrogen-bond donors (Lipinski definition) is 2. The monoisotopic (exact) mass is 288 g/mol. The van der Waals surface area contributed by atoms with E-state index in [2.05, 4.69) is 25.2 Å². The Morgan fingerprint density at radius 1 is 1.19 bits per heavy atom. The molecule has 0 aliphatic carbocycles. The normalized spacial score (nSPS) is 14.5. The van der Waals surface area contributed by atoms with E-state index in [9.17, 15) is 4.39 Å². The highest BCUT2D eigenvalue weighted by Gasteiger charge is 2.16. The van der Waals surface area contributed by atoms with E-state index in [1.165, 1.54) is 6.07 Å². The van der Waals surface area contributed by atoms with Crippen molar-refractivity contribution in [1.82, 2.24) is 15.0 Å². The average Bonchev–Trinajstić information content (AvgIpc) is 2.96. The van der Waals surface area contributed by atoms with Gasteiger partial charge in [0.25, 0.3) is 0 Å². The molecule has 2 aromatic rings. The van der Waals surface area contributed by atoms with Crippen LogP contribution >= 0.6 is 0 Å². The largest absolute Gasteiger partial charge is 0.368 e. The van der Waals surface area contributed by atoms with Gasteiger partial charge >= 0.3 is 0 Å². The van der Waals surface area contributed by atoms with Crippen LogP contribution in [0.25, 0.3) is 0 Å². The van der Waals surface area contributed by atoms with Crippen molar-refractivity contribution in [3.63, 3.8) is 0 Å². The van der Waals surface area contributed by atoms with Gasteiger partial charge in [-0.15, -0.1) is 0 Å². The maximum absolute atomic E-state index is 13.6. The van der Waals surface area contributed by atoms with Crippen LogP contribution in [0.5, 0.6) is 0 Å². The fourth-order valence-electron chi connectivity index (χ4n) is 2.29. The number of hydrogen-bond acceptors (Lipinski definition) is 6. The van der Waals surface area contributed by atoms with E-state index in [4.69, 9.17) is 5.73 Å². The molecule has 0 bridgehead atoms. The van der Waals surface area contributed by atoms with E-state index in [0.29, 0.717) is 23.1 Å². The lowest BCUT2D eigenvalue weighted by atomic mass is 10.2. The first kappa shape index (κ1) is 13.5. The van der Waals surface area contributed by atoms with Gasteiger partial charge in [-0.25, -0.2) is 4.39 Å². The Kier molecular flexibility index (Phi) is 3.55. The van der Waals surface area contributed by atoms with E-state index < -0.39 is 0 Å². The van der Waals surface area contributed by atoms with Crippen molar-refractivity contribution in [2.24, 2.45) is 0 Å². The predicted molar refractivity (Wildman–Crippen MR) is 80.1 cm³/mol. The van der Waals surface area contributed by atoms with E-state index in [1.54, 1.807) is 19.1 Å². The number of halogens is 1. The molecule has 3 rings (SSSR count). The summed E-state index contributed by atoms with van der Waals surface area (Å²) in [5.41, 5.74) is 6.90. The minimum absolute atomic E-state index is 0.155. The average molecular weight is 288 g/mol. The molecule has 6 nitrogen and oxygen atoms in total. The van der Waals surface area contributed by atoms with Crippen LogP contribution in [-0.4, -0.2) is 28.0 Å². The Labute approximate surface area is 122 Å². The molecule has 0 radical (unpaired) electrons. The highest BCUT2D eigenvalue weighted by Crippen LogP contribution is 2.21. The minimum atomic E-state index is -0.276. The van der Waals surface area contributed by atoms with Crippen LogP contribution in [0.3, 0.4) is 0 Å². The van der Waals surface area contributed by atoms with Crippen LogP contribution < -0.4 is 16.0 Å². The van der Waals surface area contributed by atoms with Crippen LogP contribution in [-0.2, 0) is 0 Å². The summed E-state index contributed by atoms with van der Waals surface area (Å²) in [4.78, 5) is 14.6. The molecule has 1 aromatic heterocycles. The molecule has 1 aliphatic rings. The van der Waals surface area contributed by atoms with Gasteiger partial charge in [0, 0.05) is 18.8 Å². The van der Waals surface area contributed by atoms with Crippen molar-refractivity contribution in [2.75, 3.05) is 29.0 Å². The van der Waals surface area contributed by atoms with Gasteiger partial charge in [-0.1, -0.05) is 6.07 Å². The van der Waals surface area contributed by atoms with Gasteiger partial charge in [-0.3, -0.25) is 0 Å². The topological polar surface area (TPSA) is 80.0 Å². The highest BCUT2D eigenvalue weighted by molar-refractivity contribution is 5.56. The summed E-state index contributed by atoms with van der Waals surface area (Å²) in [5, 5.41) is 2.97. The number of nitrogens with zero attached hydrogens (tertiary/aromatic N) is 4. The molecule has 21 heavy (non-hydrogen) atoms. The zero-order valence-electron chi connectivity index (χ0n) is 11.8. The highest BCUT2D eigenvalue weighted by atomic mass is 19.1. The Morgan fingerprint density at radius 3 is 2.67 bits per heavy atom. The first-order chi connectivity index (χ1) is 10.1. The third kappa shape index (κ3) is 3.01. The second-order valence-corrected chi connectivity index (χ2v) is 5.10. The van der Waals surface area contributed by atoms with Gasteiger partial charge in [-0.2, -0.15) is 15.0 Å². The molecule has 0 saturated carbocycles. The van der Waals surface area contributed by atoms with Crippen molar-refractivity contribution in [1.29, 1.82) is 0 Å². The van der Waals surface area contributed by atoms with Gasteiger partial charge in [0.1, 0.15) is 5.82 Å². The Hall–Kier alpha value is -2.44. The van der Waals surface area contributed by atoms with Crippen LogP contribution in [0, 0.1) is 12.7 Å². The molecule has 0 unspecified atom stereocenters. The number of nitrogens with two attached hydrogens (primary N) is 1. The molecule has 2 heterocycles. The molecule has 7 heteroatoms. The van der Waals surface area contributed by atoms with Gasteiger partial charge < -0.3 is 16.0 Å². The second-order valence-electron chi connectivity index (χ2n) is 5.10. The summed E-state index contributed by atoms with van der Waals surface area (Å²) in [6.45, 7) is 3.55. The van der Waals surface area contributed by atoms with Crippen molar-refractivity contribution in [3.8, 4) is 0 Å². The third-order valence-corrected chi connectivity index (χ3v) is 3.46. The molecule has 0 amide bonds. The Morgan fingerprint density at radius 2 is 1.95 bits per heavy atom. The molecule has 110 valence electrons. The van der Waals surface area contributed by atoms with Crippen molar-refractivity contribution < 1.29 is 4.39 Å². The van der Waals surface area contributed by atoms with E-state index in [1.807, 2.05) is 0 Å². The van der Waals surface area contributed by atoms with Crippen LogP contribution in [0.1, 0.15) is 18.4 Å². The molecule has 0 atom stereocenters. The van der Waals surface area contributed by atoms with Crippen LogP contribution in [0.15, 0.2) is 18.2 Å². The van der Waals surface area contributed by atoms with Crippen LogP contribution in [0.2, 0.25) is 0 Å². The summed E-state index contributed by atoms with van der Waals surface area (Å²) in [5.74, 6) is 0.770. The number of aryl methyl sites for hydroxylation is 1. The van der Waals surface area contributed by atoms with E-state index in [-0.39, 0.29) is 11.8 Å². The standard InChI is InChI=1S/C14H17FN6/c1-9-4-5-10(8-11(9)15)17-13-18-12(16)19-14(20-13)21-6-2-3-7-21/h4-5,8H,2-3,6-7H2,1H3,(H3,16,17,18,19,20). The van der Waals surface area contributed by atoms with Gasteiger partial charge in [0.2, 0.25) is 17.8 Å². The number of benzene rings is 1. The molecule has 1 saturated heterocycles. The number of anilines is 4. The number of nitrogen functional groups attached to an aromatic ring is 1. The van der Waals surface area contributed by atoms with E-state index in [0.717, 1.165) is 25.9 Å². The van der Waals surface area contributed by atoms with Gasteiger partial charge in [0.05, 0.1) is 0 Å². The lowest BCUT2D eigenvalue weighted by Gasteiger charge is -2.16. The molecule has 1 aliphatic heterocycles. The fourth-order valence-corrected chi connectivity index (χ4v) is 2.29. The lowest BCUT2D eigenvalue weighted by molar-refractivity contribution is 0.619.